The third kappa shape index (κ3) is 5.28. The van der Waals surface area contributed by atoms with Crippen molar-refractivity contribution < 1.29 is 28.2 Å². The van der Waals surface area contributed by atoms with E-state index in [1.165, 1.54) is 36.4 Å². The minimum absolute atomic E-state index is 0.114. The smallest absolute Gasteiger partial charge is 0.338 e. The van der Waals surface area contributed by atoms with Crippen LogP contribution in [0.3, 0.4) is 0 Å². The van der Waals surface area contributed by atoms with Gasteiger partial charge >= 0.3 is 11.9 Å². The number of rotatable bonds is 7. The first-order valence-corrected chi connectivity index (χ1v) is 8.29. The second-order valence-corrected chi connectivity index (χ2v) is 5.39. The second kappa shape index (κ2) is 9.34. The average Bonchev–Trinajstić information content (AvgIpc) is 2.67. The maximum atomic E-state index is 13.9. The molecule has 0 aromatic heterocycles. The highest BCUT2D eigenvalue weighted by atomic mass is 19.1. The molecule has 0 amide bonds. The van der Waals surface area contributed by atoms with Crippen molar-refractivity contribution in [2.45, 2.75) is 20.5 Å². The van der Waals surface area contributed by atoms with Gasteiger partial charge in [-0.2, -0.15) is 5.26 Å². The van der Waals surface area contributed by atoms with Gasteiger partial charge in [0.25, 0.3) is 0 Å². The van der Waals surface area contributed by atoms with E-state index in [9.17, 15) is 14.0 Å². The van der Waals surface area contributed by atoms with Crippen molar-refractivity contribution in [1.29, 1.82) is 5.26 Å². The van der Waals surface area contributed by atoms with Gasteiger partial charge in [-0.15, -0.1) is 0 Å². The van der Waals surface area contributed by atoms with Crippen LogP contribution in [0.25, 0.3) is 0 Å². The topological polar surface area (TPSA) is 85.6 Å². The van der Waals surface area contributed by atoms with Crippen LogP contribution in [0.2, 0.25) is 0 Å². The molecular formula is C20H18FNO5. The van der Waals surface area contributed by atoms with Gasteiger partial charge in [-0.25, -0.2) is 14.0 Å². The monoisotopic (exact) mass is 371 g/mol. The van der Waals surface area contributed by atoms with Gasteiger partial charge in [0.1, 0.15) is 18.2 Å². The first-order chi connectivity index (χ1) is 13.0. The Kier molecular flexibility index (Phi) is 6.89. The summed E-state index contributed by atoms with van der Waals surface area (Å²) in [4.78, 5) is 24.0. The molecule has 0 aliphatic carbocycles. The molecular weight excluding hydrogens is 353 g/mol. The molecule has 6 nitrogen and oxygen atoms in total. The Hall–Kier alpha value is -3.40. The summed E-state index contributed by atoms with van der Waals surface area (Å²) in [6.45, 7) is 3.48. The number of benzene rings is 2. The number of nitriles is 1. The molecule has 0 bridgehead atoms. The van der Waals surface area contributed by atoms with Crippen molar-refractivity contribution in [2.75, 3.05) is 13.2 Å². The number of carbonyl (C=O) groups is 2. The molecule has 0 radical (unpaired) electrons. The van der Waals surface area contributed by atoms with Crippen molar-refractivity contribution in [3.05, 3.63) is 64.5 Å². The first-order valence-electron chi connectivity index (χ1n) is 8.29. The predicted molar refractivity (Wildman–Crippen MR) is 93.8 cm³/mol. The summed E-state index contributed by atoms with van der Waals surface area (Å²) in [6, 6.07) is 9.97. The highest BCUT2D eigenvalue weighted by molar-refractivity contribution is 5.96. The van der Waals surface area contributed by atoms with Gasteiger partial charge < -0.3 is 14.2 Å². The third-order valence-electron chi connectivity index (χ3n) is 3.50. The van der Waals surface area contributed by atoms with E-state index in [-0.39, 0.29) is 42.3 Å². The fourth-order valence-corrected chi connectivity index (χ4v) is 2.26. The van der Waals surface area contributed by atoms with Crippen LogP contribution in [0.1, 0.15) is 45.7 Å². The molecule has 2 rings (SSSR count). The number of nitrogens with zero attached hydrogens (tertiary/aromatic N) is 1. The molecule has 0 aliphatic rings. The molecule has 0 atom stereocenters. The standard InChI is InChI=1S/C20H18FNO5/c1-3-25-19(23)14-8-15(20(24)26-4-2)10-17(9-14)27-12-16-7-13(11-22)5-6-18(16)21/h5-10H,3-4,12H2,1-2H3. The van der Waals surface area contributed by atoms with Gasteiger partial charge in [-0.1, -0.05) is 0 Å². The summed E-state index contributed by atoms with van der Waals surface area (Å²) in [5.41, 5.74) is 0.697. The zero-order chi connectivity index (χ0) is 19.8. The molecule has 7 heteroatoms. The van der Waals surface area contributed by atoms with Gasteiger partial charge in [0.05, 0.1) is 36.0 Å². The Bertz CT molecular complexity index is 852. The normalized spacial score (nSPS) is 10.0. The summed E-state index contributed by atoms with van der Waals surface area (Å²) < 4.78 is 29.3. The largest absolute Gasteiger partial charge is 0.489 e. The Morgan fingerprint density at radius 1 is 1.00 bits per heavy atom. The summed E-state index contributed by atoms with van der Waals surface area (Å²) >= 11 is 0. The Morgan fingerprint density at radius 3 is 2.11 bits per heavy atom. The van der Waals surface area contributed by atoms with Crippen molar-refractivity contribution >= 4 is 11.9 Å². The average molecular weight is 371 g/mol. The number of ether oxygens (including phenoxy) is 3. The third-order valence-corrected chi connectivity index (χ3v) is 3.50. The molecule has 0 spiro atoms. The van der Waals surface area contributed by atoms with E-state index in [1.807, 2.05) is 6.07 Å². The van der Waals surface area contributed by atoms with Gasteiger partial charge in [0.2, 0.25) is 0 Å². The minimum atomic E-state index is -0.619. The van der Waals surface area contributed by atoms with E-state index in [0.717, 1.165) is 0 Å². The number of hydrogen-bond acceptors (Lipinski definition) is 6. The molecule has 140 valence electrons. The van der Waals surface area contributed by atoms with Crippen LogP contribution >= 0.6 is 0 Å². The summed E-state index contributed by atoms with van der Waals surface area (Å²) in [6.07, 6.45) is 0. The molecule has 2 aromatic rings. The maximum absolute atomic E-state index is 13.9. The molecule has 27 heavy (non-hydrogen) atoms. The van der Waals surface area contributed by atoms with Gasteiger partial charge in [0.15, 0.2) is 0 Å². The highest BCUT2D eigenvalue weighted by Crippen LogP contribution is 2.21. The van der Waals surface area contributed by atoms with Crippen LogP contribution in [0, 0.1) is 17.1 Å². The highest BCUT2D eigenvalue weighted by Gasteiger charge is 2.16. The minimum Gasteiger partial charge on any atom is -0.489 e. The molecule has 0 fully saturated rings. The first kappa shape index (κ1) is 19.9. The predicted octanol–water partition coefficient (Wildman–Crippen LogP) is 3.63. The quantitative estimate of drug-likeness (QED) is 0.691. The Balaban J connectivity index is 2.30. The van der Waals surface area contributed by atoms with Crippen LogP contribution < -0.4 is 4.74 Å². The van der Waals surface area contributed by atoms with Crippen LogP contribution in [0.15, 0.2) is 36.4 Å². The lowest BCUT2D eigenvalue weighted by atomic mass is 10.1. The second-order valence-electron chi connectivity index (χ2n) is 5.39. The summed E-state index contributed by atoms with van der Waals surface area (Å²) in [5.74, 6) is -1.59. The van der Waals surface area contributed by atoms with Crippen molar-refractivity contribution in [2.24, 2.45) is 0 Å². The molecule has 0 heterocycles. The van der Waals surface area contributed by atoms with E-state index in [0.29, 0.717) is 5.56 Å². The van der Waals surface area contributed by atoms with Crippen LogP contribution in [-0.4, -0.2) is 25.2 Å². The fourth-order valence-electron chi connectivity index (χ4n) is 2.26. The van der Waals surface area contributed by atoms with Crippen molar-refractivity contribution in [3.63, 3.8) is 0 Å². The van der Waals surface area contributed by atoms with Gasteiger partial charge in [0, 0.05) is 5.56 Å². The van der Waals surface area contributed by atoms with Gasteiger partial charge in [-0.05, 0) is 50.2 Å². The van der Waals surface area contributed by atoms with E-state index >= 15 is 0 Å². The number of halogens is 1. The van der Waals surface area contributed by atoms with Crippen molar-refractivity contribution in [1.82, 2.24) is 0 Å². The molecule has 0 aliphatic heterocycles. The molecule has 0 N–H and O–H groups in total. The molecule has 2 aromatic carbocycles. The fraction of sp³-hybridized carbons (Fsp3) is 0.250. The van der Waals surface area contributed by atoms with Crippen molar-refractivity contribution in [3.8, 4) is 11.8 Å². The summed E-state index contributed by atoms with van der Waals surface area (Å²) in [5, 5.41) is 8.92. The van der Waals surface area contributed by atoms with E-state index in [1.54, 1.807) is 13.8 Å². The van der Waals surface area contributed by atoms with Crippen LogP contribution in [0.5, 0.6) is 5.75 Å². The lowest BCUT2D eigenvalue weighted by molar-refractivity contribution is 0.0524. The lowest BCUT2D eigenvalue weighted by Crippen LogP contribution is -2.10. The van der Waals surface area contributed by atoms with E-state index in [2.05, 4.69) is 0 Å². The lowest BCUT2D eigenvalue weighted by Gasteiger charge is -2.11. The maximum Gasteiger partial charge on any atom is 0.338 e. The molecule has 0 saturated heterocycles. The van der Waals surface area contributed by atoms with Crippen LogP contribution in [0.4, 0.5) is 4.39 Å². The number of esters is 2. The van der Waals surface area contributed by atoms with E-state index in [4.69, 9.17) is 19.5 Å². The summed E-state index contributed by atoms with van der Waals surface area (Å²) in [7, 11) is 0. The van der Waals surface area contributed by atoms with Gasteiger partial charge in [-0.3, -0.25) is 0 Å². The van der Waals surface area contributed by atoms with Crippen LogP contribution in [-0.2, 0) is 16.1 Å². The number of hydrogen-bond donors (Lipinski definition) is 0. The SMILES string of the molecule is CCOC(=O)c1cc(OCc2cc(C#N)ccc2F)cc(C(=O)OCC)c1. The molecule has 0 unspecified atom stereocenters. The Morgan fingerprint density at radius 2 is 1.59 bits per heavy atom. The van der Waals surface area contributed by atoms with E-state index < -0.39 is 17.8 Å². The zero-order valence-corrected chi connectivity index (χ0v) is 15.0. The number of carbonyl (C=O) groups excluding carboxylic acids is 2. The zero-order valence-electron chi connectivity index (χ0n) is 15.0. The molecule has 0 saturated carbocycles. The Labute approximate surface area is 156 Å².